The van der Waals surface area contributed by atoms with E-state index in [-0.39, 0.29) is 0 Å². The molecule has 0 unspecified atom stereocenters. The Morgan fingerprint density at radius 2 is 1.68 bits per heavy atom. The molecule has 4 aromatic rings. The van der Waals surface area contributed by atoms with Gasteiger partial charge < -0.3 is 0 Å². The zero-order valence-electron chi connectivity index (χ0n) is 9.78. The number of hydrogen-bond acceptors (Lipinski definition) is 1. The summed E-state index contributed by atoms with van der Waals surface area (Å²) in [5, 5.41) is 5.38. The molecule has 0 saturated carbocycles. The lowest BCUT2D eigenvalue weighted by Gasteiger charge is -2.02. The van der Waals surface area contributed by atoms with Gasteiger partial charge in [0.25, 0.3) is 0 Å². The van der Waals surface area contributed by atoms with Crippen molar-refractivity contribution in [1.29, 1.82) is 0 Å². The number of benzene rings is 3. The van der Waals surface area contributed by atoms with Crippen molar-refractivity contribution < 1.29 is 0 Å². The first-order valence-corrected chi connectivity index (χ1v) is 8.62. The minimum atomic E-state index is 1.19. The zero-order chi connectivity index (χ0) is 13.0. The van der Waals surface area contributed by atoms with Crippen LogP contribution in [-0.2, 0) is 0 Å². The molecule has 0 amide bonds. The van der Waals surface area contributed by atoms with Crippen molar-refractivity contribution in [2.75, 3.05) is 0 Å². The molecule has 0 saturated heterocycles. The van der Waals surface area contributed by atoms with Crippen LogP contribution >= 0.6 is 49.9 Å². The first kappa shape index (κ1) is 12.1. The molecule has 0 bridgehead atoms. The molecule has 0 spiro atoms. The van der Waals surface area contributed by atoms with Gasteiger partial charge >= 0.3 is 0 Å². The summed E-state index contributed by atoms with van der Waals surface area (Å²) < 4.78 is 5.25. The van der Waals surface area contributed by atoms with E-state index in [1.54, 1.807) is 0 Å². The van der Waals surface area contributed by atoms with Gasteiger partial charge in [-0.2, -0.15) is 0 Å². The van der Waals surface area contributed by atoms with Crippen LogP contribution in [0, 0.1) is 3.57 Å². The van der Waals surface area contributed by atoms with Crippen molar-refractivity contribution in [3.63, 3.8) is 0 Å². The van der Waals surface area contributed by atoms with Crippen molar-refractivity contribution in [3.05, 3.63) is 56.6 Å². The molecule has 92 valence electrons. The summed E-state index contributed by atoms with van der Waals surface area (Å²) in [5.74, 6) is 0. The van der Waals surface area contributed by atoms with Crippen LogP contribution in [0.1, 0.15) is 0 Å². The minimum Gasteiger partial charge on any atom is -0.133 e. The second-order valence-electron chi connectivity index (χ2n) is 4.50. The van der Waals surface area contributed by atoms with E-state index in [0.717, 1.165) is 0 Å². The van der Waals surface area contributed by atoms with E-state index in [1.807, 2.05) is 11.3 Å². The van der Waals surface area contributed by atoms with E-state index >= 15 is 0 Å². The number of rotatable bonds is 0. The summed E-state index contributed by atoms with van der Waals surface area (Å²) >= 11 is 8.03. The van der Waals surface area contributed by atoms with Gasteiger partial charge in [0.05, 0.1) is 4.70 Å². The van der Waals surface area contributed by atoms with Crippen molar-refractivity contribution in [3.8, 4) is 0 Å². The standard InChI is InChI=1S/C16H8BrIS/c17-12-8-9-4-1-2-5-10(9)14-11-6-3-7-13(18)15(11)19-16(12)14/h1-8H. The first-order valence-electron chi connectivity index (χ1n) is 5.93. The molecule has 0 N–H and O–H groups in total. The minimum absolute atomic E-state index is 1.19. The number of halogens is 2. The lowest BCUT2D eigenvalue weighted by molar-refractivity contribution is 1.78. The van der Waals surface area contributed by atoms with Crippen molar-refractivity contribution in [2.45, 2.75) is 0 Å². The predicted molar refractivity (Wildman–Crippen MR) is 97.3 cm³/mol. The molecule has 0 radical (unpaired) electrons. The quantitative estimate of drug-likeness (QED) is 0.272. The van der Waals surface area contributed by atoms with E-state index in [1.165, 1.54) is 39.0 Å². The Balaban J connectivity index is 2.40. The zero-order valence-corrected chi connectivity index (χ0v) is 14.3. The summed E-state index contributed by atoms with van der Waals surface area (Å²) in [5.41, 5.74) is 0. The van der Waals surface area contributed by atoms with Crippen LogP contribution in [0.15, 0.2) is 53.0 Å². The van der Waals surface area contributed by atoms with Crippen LogP contribution in [0.3, 0.4) is 0 Å². The predicted octanol–water partition coefficient (Wildman–Crippen LogP) is 6.57. The molecule has 1 heterocycles. The van der Waals surface area contributed by atoms with Crippen molar-refractivity contribution in [1.82, 2.24) is 0 Å². The lowest BCUT2D eigenvalue weighted by atomic mass is 10.0. The summed E-state index contributed by atoms with van der Waals surface area (Å²) in [6, 6.07) is 17.4. The maximum Gasteiger partial charge on any atom is 0.0504 e. The molecule has 0 aliphatic heterocycles. The van der Waals surface area contributed by atoms with Gasteiger partial charge in [0.1, 0.15) is 0 Å². The molecule has 3 aromatic carbocycles. The maximum atomic E-state index is 3.73. The lowest BCUT2D eigenvalue weighted by Crippen LogP contribution is -1.76. The highest BCUT2D eigenvalue weighted by molar-refractivity contribution is 14.1. The van der Waals surface area contributed by atoms with Crippen LogP contribution in [-0.4, -0.2) is 0 Å². The van der Waals surface area contributed by atoms with Crippen LogP contribution in [0.2, 0.25) is 0 Å². The second kappa shape index (κ2) is 4.43. The maximum absolute atomic E-state index is 3.73. The van der Waals surface area contributed by atoms with E-state index in [0.29, 0.717) is 0 Å². The third-order valence-corrected chi connectivity index (χ3v) is 6.82. The normalized spacial score (nSPS) is 11.7. The highest BCUT2D eigenvalue weighted by Gasteiger charge is 2.13. The van der Waals surface area contributed by atoms with Gasteiger partial charge in [-0.05, 0) is 61.4 Å². The fraction of sp³-hybridized carbons (Fsp3) is 0. The van der Waals surface area contributed by atoms with Gasteiger partial charge in [0.15, 0.2) is 0 Å². The molecule has 0 atom stereocenters. The molecule has 0 aliphatic carbocycles. The number of fused-ring (bicyclic) bond motifs is 5. The highest BCUT2D eigenvalue weighted by Crippen LogP contribution is 2.43. The number of hydrogen-bond donors (Lipinski definition) is 0. The molecule has 0 fully saturated rings. The van der Waals surface area contributed by atoms with Crippen LogP contribution in [0.4, 0.5) is 0 Å². The van der Waals surface area contributed by atoms with E-state index in [9.17, 15) is 0 Å². The average Bonchev–Trinajstić information content (AvgIpc) is 2.81. The van der Waals surface area contributed by atoms with Gasteiger partial charge in [0.2, 0.25) is 0 Å². The smallest absolute Gasteiger partial charge is 0.0504 e. The van der Waals surface area contributed by atoms with Crippen molar-refractivity contribution in [2.24, 2.45) is 0 Å². The summed E-state index contributed by atoms with van der Waals surface area (Å²) in [7, 11) is 0. The van der Waals surface area contributed by atoms with Gasteiger partial charge in [0, 0.05) is 23.5 Å². The highest BCUT2D eigenvalue weighted by atomic mass is 127. The van der Waals surface area contributed by atoms with E-state index < -0.39 is 0 Å². The molecule has 3 heteroatoms. The topological polar surface area (TPSA) is 0 Å². The molecule has 0 aliphatic rings. The van der Waals surface area contributed by atoms with E-state index in [4.69, 9.17) is 0 Å². The Labute approximate surface area is 136 Å². The fourth-order valence-electron chi connectivity index (χ4n) is 2.57. The summed E-state index contributed by atoms with van der Waals surface area (Å²) in [6.45, 7) is 0. The first-order chi connectivity index (χ1) is 9.25. The molecule has 19 heavy (non-hydrogen) atoms. The van der Waals surface area contributed by atoms with Crippen molar-refractivity contribution >= 4 is 80.8 Å². The molecular formula is C16H8BrIS. The van der Waals surface area contributed by atoms with Gasteiger partial charge in [-0.3, -0.25) is 0 Å². The Hall–Kier alpha value is -0.650. The monoisotopic (exact) mass is 438 g/mol. The van der Waals surface area contributed by atoms with Gasteiger partial charge in [-0.1, -0.05) is 36.4 Å². The van der Waals surface area contributed by atoms with Gasteiger partial charge in [-0.15, -0.1) is 11.3 Å². The van der Waals surface area contributed by atoms with E-state index in [2.05, 4.69) is 87.1 Å². The Morgan fingerprint density at radius 3 is 2.58 bits per heavy atom. The molecule has 0 nitrogen and oxygen atoms in total. The summed E-state index contributed by atoms with van der Waals surface area (Å²) in [4.78, 5) is 0. The summed E-state index contributed by atoms with van der Waals surface area (Å²) in [6.07, 6.45) is 0. The Bertz CT molecular complexity index is 940. The molecule has 1 aromatic heterocycles. The molecule has 4 rings (SSSR count). The Morgan fingerprint density at radius 1 is 0.895 bits per heavy atom. The average molecular weight is 439 g/mol. The SMILES string of the molecule is Brc1cc2ccccc2c2c1sc1c(I)cccc12. The Kier molecular flexibility index (Phi) is 2.83. The largest absolute Gasteiger partial charge is 0.133 e. The van der Waals surface area contributed by atoms with Crippen LogP contribution < -0.4 is 0 Å². The van der Waals surface area contributed by atoms with Crippen LogP contribution in [0.25, 0.3) is 30.9 Å². The fourth-order valence-corrected chi connectivity index (χ4v) is 5.22. The second-order valence-corrected chi connectivity index (χ2v) is 7.54. The van der Waals surface area contributed by atoms with Gasteiger partial charge in [-0.25, -0.2) is 0 Å². The third-order valence-electron chi connectivity index (χ3n) is 3.40. The van der Waals surface area contributed by atoms with Crippen LogP contribution in [0.5, 0.6) is 0 Å². The molecular weight excluding hydrogens is 431 g/mol. The number of thiophene rings is 1. The third kappa shape index (κ3) is 1.75.